The van der Waals surface area contributed by atoms with Gasteiger partial charge in [-0.05, 0) is 34.6 Å². The van der Waals surface area contributed by atoms with Crippen LogP contribution in [-0.2, 0) is 10.1 Å². The molecule has 0 aliphatic carbocycles. The Morgan fingerprint density at radius 1 is 1.00 bits per heavy atom. The number of hydrogen-bond donors (Lipinski definition) is 0. The van der Waals surface area contributed by atoms with Gasteiger partial charge in [-0.3, -0.25) is 0 Å². The number of aromatic nitrogens is 2. The van der Waals surface area contributed by atoms with Crippen molar-refractivity contribution in [3.63, 3.8) is 0 Å². The topological polar surface area (TPSA) is 82.3 Å². The minimum atomic E-state index is -4.16. The van der Waals surface area contributed by atoms with Gasteiger partial charge in [-0.25, -0.2) is 9.02 Å². The largest absolute Gasteiger partial charge is 0.379 e. The van der Waals surface area contributed by atoms with Crippen LogP contribution in [0.1, 0.15) is 0 Å². The van der Waals surface area contributed by atoms with Gasteiger partial charge in [-0.15, -0.1) is 0 Å². The van der Waals surface area contributed by atoms with Gasteiger partial charge in [-0.1, -0.05) is 18.2 Å². The molecular weight excluding hydrogens is 287 g/mol. The number of halogens is 1. The molecule has 0 saturated carbocycles. The standard InChI is InChI=1S/C12H7FN2O4S/c13-9-6-7-10(12-11(9)14-19-15-12)20(16,17)18-8-4-2-1-3-5-8/h1-7H. The zero-order chi connectivity index (χ0) is 14.2. The van der Waals surface area contributed by atoms with E-state index in [9.17, 15) is 12.8 Å². The van der Waals surface area contributed by atoms with Gasteiger partial charge in [0.2, 0.25) is 0 Å². The van der Waals surface area contributed by atoms with Crippen LogP contribution in [0.4, 0.5) is 4.39 Å². The van der Waals surface area contributed by atoms with Crippen molar-refractivity contribution in [1.29, 1.82) is 0 Å². The summed E-state index contributed by atoms with van der Waals surface area (Å²) in [6.07, 6.45) is 0. The molecule has 1 heterocycles. The van der Waals surface area contributed by atoms with Gasteiger partial charge in [-0.2, -0.15) is 8.42 Å². The van der Waals surface area contributed by atoms with Crippen LogP contribution >= 0.6 is 0 Å². The first-order chi connectivity index (χ1) is 9.58. The van der Waals surface area contributed by atoms with Crippen molar-refractivity contribution in [2.45, 2.75) is 4.90 Å². The fourth-order valence-corrected chi connectivity index (χ4v) is 2.72. The Bertz CT molecular complexity index is 862. The summed E-state index contributed by atoms with van der Waals surface area (Å²) in [5, 5.41) is 6.72. The molecule has 3 aromatic rings. The Morgan fingerprint density at radius 2 is 1.70 bits per heavy atom. The number of nitrogens with zero attached hydrogens (tertiary/aromatic N) is 2. The maximum Gasteiger partial charge on any atom is 0.341 e. The maximum absolute atomic E-state index is 13.4. The smallest absolute Gasteiger partial charge is 0.341 e. The quantitative estimate of drug-likeness (QED) is 0.688. The van der Waals surface area contributed by atoms with Gasteiger partial charge >= 0.3 is 10.1 Å². The third-order valence-electron chi connectivity index (χ3n) is 2.55. The van der Waals surface area contributed by atoms with Crippen molar-refractivity contribution in [2.75, 3.05) is 0 Å². The average Bonchev–Trinajstić information content (AvgIpc) is 2.89. The SMILES string of the molecule is O=S(=O)(Oc1ccccc1)c1ccc(F)c2nonc12. The lowest BCUT2D eigenvalue weighted by molar-refractivity contribution is 0.314. The van der Waals surface area contributed by atoms with Gasteiger partial charge in [0.05, 0.1) is 0 Å². The lowest BCUT2D eigenvalue weighted by Gasteiger charge is -2.06. The number of fused-ring (bicyclic) bond motifs is 1. The first kappa shape index (κ1) is 12.5. The van der Waals surface area contributed by atoms with Crippen molar-refractivity contribution < 1.29 is 21.6 Å². The highest BCUT2D eigenvalue weighted by atomic mass is 32.2. The molecule has 0 fully saturated rings. The molecule has 1 aromatic heterocycles. The third kappa shape index (κ3) is 2.10. The van der Waals surface area contributed by atoms with E-state index in [0.29, 0.717) is 0 Å². The van der Waals surface area contributed by atoms with Crippen molar-refractivity contribution in [1.82, 2.24) is 10.3 Å². The van der Waals surface area contributed by atoms with Crippen LogP contribution in [0.5, 0.6) is 5.75 Å². The molecule has 0 saturated heterocycles. The molecule has 0 aliphatic heterocycles. The fourth-order valence-electron chi connectivity index (χ4n) is 1.66. The van der Waals surface area contributed by atoms with Crippen LogP contribution in [0.25, 0.3) is 11.0 Å². The van der Waals surface area contributed by atoms with Gasteiger partial charge in [0, 0.05) is 0 Å². The van der Waals surface area contributed by atoms with E-state index in [-0.39, 0.29) is 21.7 Å². The van der Waals surface area contributed by atoms with Crippen LogP contribution in [0.2, 0.25) is 0 Å². The molecule has 3 rings (SSSR count). The van der Waals surface area contributed by atoms with E-state index in [0.717, 1.165) is 12.1 Å². The molecular formula is C12H7FN2O4S. The third-order valence-corrected chi connectivity index (χ3v) is 3.83. The first-order valence-electron chi connectivity index (χ1n) is 5.48. The van der Waals surface area contributed by atoms with Crippen molar-refractivity contribution >= 4 is 21.2 Å². The second kappa shape index (κ2) is 4.57. The van der Waals surface area contributed by atoms with Crippen LogP contribution in [-0.4, -0.2) is 18.7 Å². The van der Waals surface area contributed by atoms with E-state index in [1.165, 1.54) is 12.1 Å². The predicted molar refractivity (Wildman–Crippen MR) is 66.0 cm³/mol. The Kier molecular flexibility index (Phi) is 2.87. The summed E-state index contributed by atoms with van der Waals surface area (Å²) in [6.45, 7) is 0. The van der Waals surface area contributed by atoms with E-state index in [2.05, 4.69) is 14.9 Å². The van der Waals surface area contributed by atoms with Crippen LogP contribution < -0.4 is 4.18 Å². The summed E-state index contributed by atoms with van der Waals surface area (Å²) in [5.41, 5.74) is -0.469. The minimum Gasteiger partial charge on any atom is -0.379 e. The summed E-state index contributed by atoms with van der Waals surface area (Å²) >= 11 is 0. The number of rotatable bonds is 3. The predicted octanol–water partition coefficient (Wildman–Crippen LogP) is 2.13. The lowest BCUT2D eigenvalue weighted by atomic mass is 10.3. The van der Waals surface area contributed by atoms with E-state index in [4.69, 9.17) is 4.18 Å². The summed E-state index contributed by atoms with van der Waals surface area (Å²) < 4.78 is 47.1. The monoisotopic (exact) mass is 294 g/mol. The van der Waals surface area contributed by atoms with Gasteiger partial charge in [0.25, 0.3) is 0 Å². The molecule has 0 amide bonds. The van der Waals surface area contributed by atoms with Crippen LogP contribution in [0.3, 0.4) is 0 Å². The Hall–Kier alpha value is -2.48. The summed E-state index contributed by atoms with van der Waals surface area (Å²) in [6, 6.07) is 9.97. The van der Waals surface area contributed by atoms with E-state index >= 15 is 0 Å². The zero-order valence-electron chi connectivity index (χ0n) is 9.86. The number of para-hydroxylation sites is 1. The molecule has 0 aliphatic rings. The molecule has 20 heavy (non-hydrogen) atoms. The average molecular weight is 294 g/mol. The van der Waals surface area contributed by atoms with Gasteiger partial charge < -0.3 is 4.18 Å². The van der Waals surface area contributed by atoms with Crippen molar-refractivity contribution in [3.8, 4) is 5.75 Å². The number of hydrogen-bond acceptors (Lipinski definition) is 6. The highest BCUT2D eigenvalue weighted by molar-refractivity contribution is 7.87. The van der Waals surface area contributed by atoms with Crippen LogP contribution in [0, 0.1) is 5.82 Å². The molecule has 2 aromatic carbocycles. The van der Waals surface area contributed by atoms with E-state index in [1.807, 2.05) is 0 Å². The second-order valence-electron chi connectivity index (χ2n) is 3.86. The van der Waals surface area contributed by atoms with Crippen molar-refractivity contribution in [3.05, 3.63) is 48.3 Å². The molecule has 0 atom stereocenters. The highest BCUT2D eigenvalue weighted by Gasteiger charge is 2.24. The molecule has 102 valence electrons. The Morgan fingerprint density at radius 3 is 2.45 bits per heavy atom. The summed E-state index contributed by atoms with van der Waals surface area (Å²) in [4.78, 5) is -0.306. The normalized spacial score (nSPS) is 11.7. The molecule has 0 N–H and O–H groups in total. The molecule has 8 heteroatoms. The highest BCUT2D eigenvalue weighted by Crippen LogP contribution is 2.25. The van der Waals surface area contributed by atoms with E-state index < -0.39 is 15.9 Å². The molecule has 0 unspecified atom stereocenters. The fraction of sp³-hybridized carbons (Fsp3) is 0. The van der Waals surface area contributed by atoms with E-state index in [1.54, 1.807) is 18.2 Å². The Labute approximate surface area is 112 Å². The van der Waals surface area contributed by atoms with Gasteiger partial charge in [0.1, 0.15) is 10.6 Å². The molecule has 0 radical (unpaired) electrons. The summed E-state index contributed by atoms with van der Waals surface area (Å²) in [5.74, 6) is -0.582. The number of benzene rings is 2. The Balaban J connectivity index is 2.10. The first-order valence-corrected chi connectivity index (χ1v) is 6.89. The minimum absolute atomic E-state index is 0.140. The molecule has 0 spiro atoms. The van der Waals surface area contributed by atoms with Gasteiger partial charge in [0.15, 0.2) is 16.9 Å². The molecule has 0 bridgehead atoms. The second-order valence-corrected chi connectivity index (χ2v) is 5.37. The maximum atomic E-state index is 13.4. The summed E-state index contributed by atoms with van der Waals surface area (Å²) in [7, 11) is -4.16. The van der Waals surface area contributed by atoms with Crippen LogP contribution in [0.15, 0.2) is 52.0 Å². The van der Waals surface area contributed by atoms with Crippen molar-refractivity contribution in [2.24, 2.45) is 0 Å². The lowest BCUT2D eigenvalue weighted by Crippen LogP contribution is -2.10. The molecule has 6 nitrogen and oxygen atoms in total. The zero-order valence-corrected chi connectivity index (χ0v) is 10.7.